The van der Waals surface area contributed by atoms with Gasteiger partial charge in [-0.25, -0.2) is 16.8 Å². The largest absolute Gasteiger partial charge is 0.494 e. The molecule has 0 bridgehead atoms. The van der Waals surface area contributed by atoms with Gasteiger partial charge in [-0.3, -0.25) is 4.79 Å². The molecular formula is C25H22FNO5S. The predicted octanol–water partition coefficient (Wildman–Crippen LogP) is 5.10. The highest BCUT2D eigenvalue weighted by molar-refractivity contribution is 7.90. The van der Waals surface area contributed by atoms with E-state index in [9.17, 15) is 17.6 Å². The zero-order valence-electron chi connectivity index (χ0n) is 17.9. The summed E-state index contributed by atoms with van der Waals surface area (Å²) in [5.74, 6) is -0.812. The Morgan fingerprint density at radius 3 is 2.48 bits per heavy atom. The second-order valence-corrected chi connectivity index (χ2v) is 9.25. The first-order valence-electron chi connectivity index (χ1n) is 10.4. The molecular weight excluding hydrogens is 445 g/mol. The number of fused-ring (bicyclic) bond motifs is 1. The Bertz CT molecular complexity index is 1430. The maximum atomic E-state index is 13.8. The molecule has 0 saturated heterocycles. The van der Waals surface area contributed by atoms with Gasteiger partial charge in [-0.05, 0) is 60.9 Å². The van der Waals surface area contributed by atoms with Crippen LogP contribution < -0.4 is 4.74 Å². The fourth-order valence-corrected chi connectivity index (χ4v) is 5.42. The van der Waals surface area contributed by atoms with E-state index in [4.69, 9.17) is 9.84 Å². The lowest BCUT2D eigenvalue weighted by molar-refractivity contribution is -0.136. The monoisotopic (exact) mass is 467 g/mol. The number of carbonyl (C=O) groups is 1. The van der Waals surface area contributed by atoms with E-state index in [0.717, 1.165) is 0 Å². The number of aryl methyl sites for hydroxylation is 1. The molecule has 170 valence electrons. The van der Waals surface area contributed by atoms with Crippen LogP contribution in [0.15, 0.2) is 77.8 Å². The van der Waals surface area contributed by atoms with Crippen molar-refractivity contribution >= 4 is 26.9 Å². The van der Waals surface area contributed by atoms with Crippen molar-refractivity contribution in [2.24, 2.45) is 0 Å². The molecule has 0 aliphatic carbocycles. The number of aliphatic carboxylic acids is 1. The minimum absolute atomic E-state index is 0.0622. The number of rotatable bonds is 8. The second-order valence-electron chi connectivity index (χ2n) is 7.46. The van der Waals surface area contributed by atoms with Crippen molar-refractivity contribution < 1.29 is 27.4 Å². The molecule has 0 radical (unpaired) electrons. The van der Waals surface area contributed by atoms with Crippen molar-refractivity contribution in [1.29, 1.82) is 0 Å². The number of halogens is 1. The second kappa shape index (κ2) is 9.07. The highest BCUT2D eigenvalue weighted by Crippen LogP contribution is 2.33. The molecule has 6 nitrogen and oxygen atoms in total. The van der Waals surface area contributed by atoms with E-state index in [1.54, 1.807) is 36.4 Å². The van der Waals surface area contributed by atoms with Crippen molar-refractivity contribution in [3.8, 4) is 16.9 Å². The predicted molar refractivity (Wildman–Crippen MR) is 123 cm³/mol. The third kappa shape index (κ3) is 4.47. The quantitative estimate of drug-likeness (QED) is 0.390. The first-order chi connectivity index (χ1) is 15.8. The van der Waals surface area contributed by atoms with E-state index in [1.165, 1.54) is 40.5 Å². The summed E-state index contributed by atoms with van der Waals surface area (Å²) in [6.07, 6.45) is 1.51. The highest BCUT2D eigenvalue weighted by atomic mass is 32.2. The summed E-state index contributed by atoms with van der Waals surface area (Å²) in [7, 11) is -4.06. The molecule has 0 atom stereocenters. The molecule has 0 unspecified atom stereocenters. The summed E-state index contributed by atoms with van der Waals surface area (Å²) >= 11 is 0. The number of hydrogen-bond donors (Lipinski definition) is 1. The number of carboxylic acids is 1. The SMILES string of the molecule is CCOc1ccc2c(c1)c(CCC(=O)O)cn2S(=O)(=O)c1ccccc1-c1ccc(F)cc1. The molecule has 0 amide bonds. The average Bonchev–Trinajstić information content (AvgIpc) is 3.17. The van der Waals surface area contributed by atoms with Crippen LogP contribution >= 0.6 is 0 Å². The number of carboxylic acid groups (broad SMARTS) is 1. The normalized spacial score (nSPS) is 11.6. The van der Waals surface area contributed by atoms with Gasteiger partial charge in [-0.2, -0.15) is 0 Å². The van der Waals surface area contributed by atoms with Gasteiger partial charge in [-0.1, -0.05) is 30.3 Å². The van der Waals surface area contributed by atoms with Gasteiger partial charge in [0.1, 0.15) is 11.6 Å². The first kappa shape index (κ1) is 22.5. The molecule has 3 aromatic carbocycles. The molecule has 0 fully saturated rings. The van der Waals surface area contributed by atoms with Crippen LogP contribution in [0.5, 0.6) is 5.75 Å². The highest BCUT2D eigenvalue weighted by Gasteiger charge is 2.25. The molecule has 4 rings (SSSR count). The summed E-state index contributed by atoms with van der Waals surface area (Å²) in [5, 5.41) is 9.75. The van der Waals surface area contributed by atoms with Crippen molar-refractivity contribution in [2.75, 3.05) is 6.61 Å². The standard InChI is InChI=1S/C25H22FNO5S/c1-2-32-20-12-13-23-22(15-20)18(9-14-25(28)29)16-27(23)33(30,31)24-6-4-3-5-21(24)17-7-10-19(26)11-8-17/h3-8,10-13,15-16H,2,9,14H2,1H3,(H,28,29). The minimum atomic E-state index is -4.06. The Kier molecular flexibility index (Phi) is 6.20. The number of aromatic nitrogens is 1. The van der Waals surface area contributed by atoms with Gasteiger partial charge in [0.25, 0.3) is 10.0 Å². The van der Waals surface area contributed by atoms with Crippen LogP contribution in [-0.4, -0.2) is 30.1 Å². The van der Waals surface area contributed by atoms with Crippen molar-refractivity contribution in [2.45, 2.75) is 24.7 Å². The molecule has 0 spiro atoms. The molecule has 1 aromatic heterocycles. The maximum absolute atomic E-state index is 13.8. The van der Waals surface area contributed by atoms with Crippen molar-refractivity contribution in [3.05, 3.63) is 84.3 Å². The molecule has 33 heavy (non-hydrogen) atoms. The van der Waals surface area contributed by atoms with Gasteiger partial charge in [0.15, 0.2) is 0 Å². The molecule has 0 aliphatic rings. The first-order valence-corrected chi connectivity index (χ1v) is 11.8. The van der Waals surface area contributed by atoms with Gasteiger partial charge in [-0.15, -0.1) is 0 Å². The van der Waals surface area contributed by atoms with Crippen LogP contribution in [0.25, 0.3) is 22.0 Å². The zero-order valence-corrected chi connectivity index (χ0v) is 18.7. The maximum Gasteiger partial charge on any atom is 0.303 e. The lowest BCUT2D eigenvalue weighted by atomic mass is 10.1. The Balaban J connectivity index is 1.90. The summed E-state index contributed by atoms with van der Waals surface area (Å²) in [6.45, 7) is 2.29. The van der Waals surface area contributed by atoms with Crippen molar-refractivity contribution in [1.82, 2.24) is 3.97 Å². The van der Waals surface area contributed by atoms with E-state index in [-0.39, 0.29) is 17.7 Å². The van der Waals surface area contributed by atoms with Gasteiger partial charge < -0.3 is 9.84 Å². The van der Waals surface area contributed by atoms with Crippen LogP contribution in [0.2, 0.25) is 0 Å². The van der Waals surface area contributed by atoms with E-state index >= 15 is 0 Å². The fraction of sp³-hybridized carbons (Fsp3) is 0.160. The van der Waals surface area contributed by atoms with Crippen LogP contribution in [0.3, 0.4) is 0 Å². The Labute approximate surface area is 190 Å². The lowest BCUT2D eigenvalue weighted by Crippen LogP contribution is -2.13. The summed E-state index contributed by atoms with van der Waals surface area (Å²) in [5.41, 5.74) is 2.03. The van der Waals surface area contributed by atoms with E-state index in [1.807, 2.05) is 6.92 Å². The van der Waals surface area contributed by atoms with Crippen LogP contribution in [-0.2, 0) is 21.2 Å². The molecule has 1 heterocycles. The fourth-order valence-electron chi connectivity index (χ4n) is 3.81. The van der Waals surface area contributed by atoms with Gasteiger partial charge in [0.05, 0.1) is 17.0 Å². The van der Waals surface area contributed by atoms with Crippen molar-refractivity contribution in [3.63, 3.8) is 0 Å². The number of ether oxygens (including phenoxy) is 1. The third-order valence-electron chi connectivity index (χ3n) is 5.32. The van der Waals surface area contributed by atoms with Crippen LogP contribution in [0.4, 0.5) is 4.39 Å². The minimum Gasteiger partial charge on any atom is -0.494 e. The summed E-state index contributed by atoms with van der Waals surface area (Å²) in [6, 6.07) is 17.2. The topological polar surface area (TPSA) is 85.6 Å². The summed E-state index contributed by atoms with van der Waals surface area (Å²) in [4.78, 5) is 11.2. The van der Waals surface area contributed by atoms with E-state index in [0.29, 0.717) is 39.9 Å². The summed E-state index contributed by atoms with van der Waals surface area (Å²) < 4.78 is 47.8. The van der Waals surface area contributed by atoms with Crippen LogP contribution in [0.1, 0.15) is 18.9 Å². The molecule has 8 heteroatoms. The van der Waals surface area contributed by atoms with Gasteiger partial charge >= 0.3 is 5.97 Å². The van der Waals surface area contributed by atoms with E-state index < -0.39 is 21.8 Å². The molecule has 0 aliphatic heterocycles. The third-order valence-corrected chi connectivity index (χ3v) is 7.05. The molecule has 4 aromatic rings. The smallest absolute Gasteiger partial charge is 0.303 e. The van der Waals surface area contributed by atoms with Gasteiger partial charge in [0, 0.05) is 23.6 Å². The lowest BCUT2D eigenvalue weighted by Gasteiger charge is -2.13. The average molecular weight is 468 g/mol. The Hall–Kier alpha value is -3.65. The number of hydrogen-bond acceptors (Lipinski definition) is 4. The van der Waals surface area contributed by atoms with E-state index in [2.05, 4.69) is 0 Å². The Morgan fingerprint density at radius 2 is 1.79 bits per heavy atom. The molecule has 0 saturated carbocycles. The number of benzene rings is 3. The Morgan fingerprint density at radius 1 is 1.06 bits per heavy atom. The number of nitrogens with zero attached hydrogens (tertiary/aromatic N) is 1. The van der Waals surface area contributed by atoms with Crippen LogP contribution in [0, 0.1) is 5.82 Å². The molecule has 1 N–H and O–H groups in total. The van der Waals surface area contributed by atoms with Gasteiger partial charge in [0.2, 0.25) is 0 Å². The zero-order chi connectivity index (χ0) is 23.6.